The maximum Gasteiger partial charge on any atom is 0.161 e. The molecule has 1 aromatic rings. The van der Waals surface area contributed by atoms with Gasteiger partial charge in [0.05, 0.1) is 8.07 Å². The van der Waals surface area contributed by atoms with Crippen LogP contribution in [0.15, 0.2) is 41.6 Å². The largest absolute Gasteiger partial charge is 0.294 e. The van der Waals surface area contributed by atoms with Crippen LogP contribution in [0.4, 0.5) is 0 Å². The number of benzene rings is 1. The molecular weight excluding hydrogens is 274 g/mol. The van der Waals surface area contributed by atoms with Crippen molar-refractivity contribution in [2.24, 2.45) is 0 Å². The molecule has 0 aromatic heterocycles. The molecule has 0 spiro atoms. The highest BCUT2D eigenvalue weighted by molar-refractivity contribution is 6.81. The summed E-state index contributed by atoms with van der Waals surface area (Å²) in [7, 11) is -1.36. The maximum atomic E-state index is 12.3. The number of likely N-dealkylation sites (tertiary alicyclic amines) is 1. The molecule has 1 aromatic carbocycles. The molecule has 0 amide bonds. The zero-order valence-corrected chi connectivity index (χ0v) is 14.9. The Kier molecular flexibility index (Phi) is 4.84. The lowest BCUT2D eigenvalue weighted by atomic mass is 9.95. The Morgan fingerprint density at radius 3 is 2.43 bits per heavy atom. The number of nitrogens with zero attached hydrogens (tertiary/aromatic N) is 1. The third kappa shape index (κ3) is 4.14. The molecule has 1 fully saturated rings. The van der Waals surface area contributed by atoms with E-state index in [0.29, 0.717) is 24.3 Å². The summed E-state index contributed by atoms with van der Waals surface area (Å²) in [6.45, 7) is 12.1. The molecule has 0 N–H and O–H groups in total. The number of hydrogen-bond acceptors (Lipinski definition) is 2. The molecule has 0 aliphatic carbocycles. The average Bonchev–Trinajstić information content (AvgIpc) is 2.41. The highest BCUT2D eigenvalue weighted by Crippen LogP contribution is 2.29. The molecule has 1 saturated heterocycles. The van der Waals surface area contributed by atoms with Crippen molar-refractivity contribution in [3.8, 4) is 0 Å². The number of carbonyl (C=O) groups excluding carboxylic acids is 1. The van der Waals surface area contributed by atoms with Crippen molar-refractivity contribution < 1.29 is 4.79 Å². The van der Waals surface area contributed by atoms with Gasteiger partial charge in [-0.05, 0) is 19.4 Å². The van der Waals surface area contributed by atoms with E-state index in [-0.39, 0.29) is 0 Å². The van der Waals surface area contributed by atoms with Crippen LogP contribution in [0.2, 0.25) is 19.6 Å². The summed E-state index contributed by atoms with van der Waals surface area (Å²) in [4.78, 5) is 14.8. The van der Waals surface area contributed by atoms with Crippen LogP contribution in [-0.4, -0.2) is 31.3 Å². The zero-order valence-electron chi connectivity index (χ0n) is 13.9. The molecule has 2 rings (SSSR count). The number of carbonyl (C=O) groups is 1. The first-order valence-corrected chi connectivity index (χ1v) is 11.4. The van der Waals surface area contributed by atoms with Crippen LogP contribution in [0.25, 0.3) is 0 Å². The van der Waals surface area contributed by atoms with Gasteiger partial charge in [0.15, 0.2) is 5.78 Å². The molecule has 1 heterocycles. The van der Waals surface area contributed by atoms with Crippen LogP contribution in [0.5, 0.6) is 0 Å². The second kappa shape index (κ2) is 6.28. The molecular formula is C18H27NOSi. The van der Waals surface area contributed by atoms with E-state index in [2.05, 4.69) is 74.4 Å². The molecule has 2 atom stereocenters. The molecule has 114 valence electrons. The predicted molar refractivity (Wildman–Crippen MR) is 92.1 cm³/mol. The fourth-order valence-electron chi connectivity index (χ4n) is 3.05. The third-order valence-corrected chi connectivity index (χ3v) is 5.36. The number of ketones is 1. The molecule has 2 nitrogen and oxygen atoms in total. The molecule has 21 heavy (non-hydrogen) atoms. The highest BCUT2D eigenvalue weighted by atomic mass is 28.3. The fourth-order valence-corrected chi connectivity index (χ4v) is 4.35. The van der Waals surface area contributed by atoms with E-state index in [9.17, 15) is 4.79 Å². The number of rotatable bonds is 3. The maximum absolute atomic E-state index is 12.3. The van der Waals surface area contributed by atoms with Crippen molar-refractivity contribution in [2.75, 3.05) is 6.54 Å². The summed E-state index contributed by atoms with van der Waals surface area (Å²) in [6.07, 6.45) is 0.646. The number of Topliss-reactive ketones (excluding diaryl/α,β-unsaturated/α-hetero) is 1. The third-order valence-electron chi connectivity index (χ3n) is 4.14. The minimum atomic E-state index is -1.36. The van der Waals surface area contributed by atoms with Crippen LogP contribution in [0.3, 0.4) is 0 Å². The lowest BCUT2D eigenvalue weighted by Crippen LogP contribution is -2.44. The summed E-state index contributed by atoms with van der Waals surface area (Å²) in [6, 6.07) is 11.2. The summed E-state index contributed by atoms with van der Waals surface area (Å²) < 4.78 is 0. The molecule has 0 unspecified atom stereocenters. The van der Waals surface area contributed by atoms with Gasteiger partial charge in [0.1, 0.15) is 0 Å². The summed E-state index contributed by atoms with van der Waals surface area (Å²) in [5, 5.41) is 0. The smallest absolute Gasteiger partial charge is 0.161 e. The van der Waals surface area contributed by atoms with Gasteiger partial charge >= 0.3 is 0 Å². The van der Waals surface area contributed by atoms with E-state index in [1.165, 1.54) is 5.56 Å². The molecule has 1 aliphatic rings. The van der Waals surface area contributed by atoms with Gasteiger partial charge < -0.3 is 0 Å². The standard InChI is InChI=1S/C18H27NOSi/c1-14-11-18(20)17(13-21(3,4)5)12-19(14)15(2)16-9-7-6-8-10-16/h6-10,13-15H,11-12H2,1-5H3/b17-13+/t14-,15-/m1/s1. The molecule has 0 saturated carbocycles. The lowest BCUT2D eigenvalue weighted by Gasteiger charge is -2.39. The molecule has 0 radical (unpaired) electrons. The van der Waals surface area contributed by atoms with Gasteiger partial charge in [-0.25, -0.2) is 0 Å². The van der Waals surface area contributed by atoms with Gasteiger partial charge in [-0.1, -0.05) is 55.7 Å². The van der Waals surface area contributed by atoms with Crippen molar-refractivity contribution in [1.29, 1.82) is 0 Å². The topological polar surface area (TPSA) is 20.3 Å². The van der Waals surface area contributed by atoms with Gasteiger partial charge in [-0.2, -0.15) is 0 Å². The van der Waals surface area contributed by atoms with Crippen LogP contribution >= 0.6 is 0 Å². The molecule has 0 bridgehead atoms. The lowest BCUT2D eigenvalue weighted by molar-refractivity contribution is -0.118. The Morgan fingerprint density at radius 2 is 1.86 bits per heavy atom. The molecule has 1 aliphatic heterocycles. The second-order valence-electron chi connectivity index (χ2n) is 7.27. The van der Waals surface area contributed by atoms with E-state index in [1.807, 2.05) is 0 Å². The highest BCUT2D eigenvalue weighted by Gasteiger charge is 2.31. The van der Waals surface area contributed by atoms with E-state index >= 15 is 0 Å². The Bertz CT molecular complexity index is 530. The minimum absolute atomic E-state index is 0.312. The van der Waals surface area contributed by atoms with Gasteiger partial charge in [-0.3, -0.25) is 9.69 Å². The van der Waals surface area contributed by atoms with E-state index in [4.69, 9.17) is 0 Å². The number of hydrogen-bond donors (Lipinski definition) is 0. The van der Waals surface area contributed by atoms with Crippen molar-refractivity contribution in [3.63, 3.8) is 0 Å². The van der Waals surface area contributed by atoms with Crippen LogP contribution in [0, 0.1) is 0 Å². The van der Waals surface area contributed by atoms with Crippen molar-refractivity contribution in [3.05, 3.63) is 47.2 Å². The van der Waals surface area contributed by atoms with Gasteiger partial charge in [0.2, 0.25) is 0 Å². The Morgan fingerprint density at radius 1 is 1.24 bits per heavy atom. The van der Waals surface area contributed by atoms with E-state index in [1.54, 1.807) is 0 Å². The minimum Gasteiger partial charge on any atom is -0.294 e. The fraction of sp³-hybridized carbons (Fsp3) is 0.500. The van der Waals surface area contributed by atoms with E-state index < -0.39 is 8.07 Å². The summed E-state index contributed by atoms with van der Waals surface area (Å²) >= 11 is 0. The van der Waals surface area contributed by atoms with Gasteiger partial charge in [0, 0.05) is 30.6 Å². The van der Waals surface area contributed by atoms with Crippen molar-refractivity contribution >= 4 is 13.9 Å². The van der Waals surface area contributed by atoms with Crippen LogP contribution in [-0.2, 0) is 4.79 Å². The van der Waals surface area contributed by atoms with Crippen LogP contribution in [0.1, 0.15) is 31.9 Å². The zero-order chi connectivity index (χ0) is 15.6. The van der Waals surface area contributed by atoms with Gasteiger partial charge in [0.25, 0.3) is 0 Å². The number of piperidine rings is 1. The first kappa shape index (κ1) is 16.2. The Labute approximate surface area is 129 Å². The Hall–Kier alpha value is -1.19. The Balaban J connectivity index is 2.23. The van der Waals surface area contributed by atoms with Gasteiger partial charge in [-0.15, -0.1) is 0 Å². The normalized spacial score (nSPS) is 24.3. The quantitative estimate of drug-likeness (QED) is 0.615. The first-order chi connectivity index (χ1) is 9.78. The summed E-state index contributed by atoms with van der Waals surface area (Å²) in [5.74, 6) is 0.349. The van der Waals surface area contributed by atoms with Crippen molar-refractivity contribution in [2.45, 2.75) is 52.0 Å². The summed E-state index contributed by atoms with van der Waals surface area (Å²) in [5.41, 5.74) is 4.65. The van der Waals surface area contributed by atoms with E-state index in [0.717, 1.165) is 12.1 Å². The molecule has 3 heteroatoms. The monoisotopic (exact) mass is 301 g/mol. The van der Waals surface area contributed by atoms with Crippen molar-refractivity contribution in [1.82, 2.24) is 4.90 Å². The first-order valence-electron chi connectivity index (χ1n) is 7.83. The average molecular weight is 302 g/mol. The second-order valence-corrected chi connectivity index (χ2v) is 12.3. The SMILES string of the molecule is C[C@@H]1CC(=O)/C(=C/[Si](C)(C)C)CN1[C@H](C)c1ccccc1. The predicted octanol–water partition coefficient (Wildman–Crippen LogP) is 4.21. The van der Waals surface area contributed by atoms with Crippen LogP contribution < -0.4 is 0 Å².